The first kappa shape index (κ1) is 33.1. The van der Waals surface area contributed by atoms with Crippen molar-refractivity contribution >= 4 is 39.7 Å². The number of carbonyl (C=O) groups excluding carboxylic acids is 4. The number of nitrogens with zero attached hydrogens (tertiary/aromatic N) is 1. The second-order valence-corrected chi connectivity index (χ2v) is 13.9. The molecule has 1 aliphatic carbocycles. The summed E-state index contributed by atoms with van der Waals surface area (Å²) >= 11 is 0. The second kappa shape index (κ2) is 13.4. The van der Waals surface area contributed by atoms with Gasteiger partial charge in [-0.3, -0.25) is 19.1 Å². The highest BCUT2D eigenvalue weighted by Crippen LogP contribution is 2.45. The number of hydrogen-bond acceptors (Lipinski definition) is 8. The van der Waals surface area contributed by atoms with Crippen LogP contribution in [0.5, 0.6) is 5.75 Å². The molecule has 242 valence electrons. The highest BCUT2D eigenvalue weighted by molar-refractivity contribution is 7.91. The number of methoxy groups -OCH3 is 1. The Kier molecular flexibility index (Phi) is 10.1. The van der Waals surface area contributed by atoms with E-state index < -0.39 is 63.2 Å². The Hall–Kier alpha value is -3.81. The van der Waals surface area contributed by atoms with Crippen LogP contribution in [0.2, 0.25) is 0 Å². The van der Waals surface area contributed by atoms with Crippen molar-refractivity contribution in [3.63, 3.8) is 0 Å². The summed E-state index contributed by atoms with van der Waals surface area (Å²) in [5.41, 5.74) is -2.02. The summed E-state index contributed by atoms with van der Waals surface area (Å²) in [6.07, 6.45) is 7.59. The molecule has 0 spiro atoms. The van der Waals surface area contributed by atoms with E-state index in [9.17, 15) is 27.6 Å². The highest BCUT2D eigenvalue weighted by atomic mass is 32.2. The Bertz CT molecular complexity index is 1370. The quantitative estimate of drug-likeness (QED) is 0.346. The predicted octanol–water partition coefficient (Wildman–Crippen LogP) is 2.75. The van der Waals surface area contributed by atoms with Gasteiger partial charge in [0.1, 0.15) is 29.0 Å². The number of rotatable bonds is 6. The van der Waals surface area contributed by atoms with E-state index in [4.69, 9.17) is 9.47 Å². The lowest BCUT2D eigenvalue weighted by Gasteiger charge is -2.30. The second-order valence-electron chi connectivity index (χ2n) is 12.5. The van der Waals surface area contributed by atoms with Gasteiger partial charge in [0, 0.05) is 12.5 Å². The van der Waals surface area contributed by atoms with Crippen LogP contribution in [0.4, 0.5) is 10.5 Å². The summed E-state index contributed by atoms with van der Waals surface area (Å²) in [5.74, 6) is -1.69. The number of ether oxygens (including phenoxy) is 2. The molecule has 14 heteroatoms. The molecule has 0 bridgehead atoms. The average Bonchev–Trinajstić information content (AvgIpc) is 3.40. The molecule has 4 atom stereocenters. The van der Waals surface area contributed by atoms with E-state index in [2.05, 4.69) is 20.1 Å². The Morgan fingerprint density at radius 2 is 1.77 bits per heavy atom. The number of benzene rings is 1. The van der Waals surface area contributed by atoms with E-state index in [0.29, 0.717) is 44.4 Å². The van der Waals surface area contributed by atoms with Crippen LogP contribution < -0.4 is 24.8 Å². The maximum Gasteiger partial charge on any atom is 0.408 e. The molecule has 2 fully saturated rings. The fourth-order valence-corrected chi connectivity index (χ4v) is 6.52. The van der Waals surface area contributed by atoms with Gasteiger partial charge in [0.05, 0.1) is 12.8 Å². The molecule has 4 N–H and O–H groups in total. The van der Waals surface area contributed by atoms with E-state index in [1.165, 1.54) is 24.1 Å². The first-order valence-corrected chi connectivity index (χ1v) is 16.5. The lowest BCUT2D eigenvalue weighted by Crippen LogP contribution is -2.58. The molecule has 3 aliphatic rings. The minimum Gasteiger partial charge on any atom is -0.497 e. The molecular weight excluding hydrogens is 590 g/mol. The first-order chi connectivity index (χ1) is 20.7. The molecular formula is C30H43N5O8S. The first-order valence-electron chi connectivity index (χ1n) is 15.0. The lowest BCUT2D eigenvalue weighted by atomic mass is 10.0. The van der Waals surface area contributed by atoms with Gasteiger partial charge in [-0.1, -0.05) is 25.0 Å². The van der Waals surface area contributed by atoms with Crippen molar-refractivity contribution in [1.82, 2.24) is 20.3 Å². The number of allylic oxidation sites excluding steroid dienone is 1. The van der Waals surface area contributed by atoms with Crippen LogP contribution in [0, 0.1) is 5.92 Å². The summed E-state index contributed by atoms with van der Waals surface area (Å²) in [7, 11) is -2.85. The van der Waals surface area contributed by atoms with E-state index in [0.717, 1.165) is 12.8 Å². The van der Waals surface area contributed by atoms with Gasteiger partial charge < -0.3 is 25.0 Å². The van der Waals surface area contributed by atoms with Crippen LogP contribution in [0.15, 0.2) is 36.4 Å². The topological polar surface area (TPSA) is 172 Å². The maximum atomic E-state index is 13.7. The maximum absolute atomic E-state index is 13.7. The average molecular weight is 634 g/mol. The van der Waals surface area contributed by atoms with Crippen LogP contribution in [0.1, 0.15) is 72.1 Å². The van der Waals surface area contributed by atoms with Gasteiger partial charge in [0.15, 0.2) is 0 Å². The zero-order valence-corrected chi connectivity index (χ0v) is 26.5. The van der Waals surface area contributed by atoms with Gasteiger partial charge in [0.2, 0.25) is 11.8 Å². The van der Waals surface area contributed by atoms with Crippen molar-refractivity contribution in [3.05, 3.63) is 36.4 Å². The highest BCUT2D eigenvalue weighted by Gasteiger charge is 2.61. The molecule has 1 saturated heterocycles. The van der Waals surface area contributed by atoms with E-state index in [1.807, 2.05) is 12.2 Å². The lowest BCUT2D eigenvalue weighted by molar-refractivity contribution is -0.141. The van der Waals surface area contributed by atoms with Gasteiger partial charge in [0.25, 0.3) is 5.91 Å². The zero-order chi connectivity index (χ0) is 32.1. The summed E-state index contributed by atoms with van der Waals surface area (Å²) < 4.78 is 40.6. The van der Waals surface area contributed by atoms with Gasteiger partial charge in [-0.25, -0.2) is 9.52 Å². The molecule has 0 unspecified atom stereocenters. The van der Waals surface area contributed by atoms with Crippen LogP contribution in [0.25, 0.3) is 0 Å². The fraction of sp³-hybridized carbons (Fsp3) is 0.600. The summed E-state index contributed by atoms with van der Waals surface area (Å²) in [5, 5.41) is 5.50. The Morgan fingerprint density at radius 3 is 2.45 bits per heavy atom. The monoisotopic (exact) mass is 633 g/mol. The number of amides is 4. The molecule has 2 aliphatic heterocycles. The minimum atomic E-state index is -4.34. The molecule has 4 rings (SSSR count). The van der Waals surface area contributed by atoms with E-state index >= 15 is 0 Å². The van der Waals surface area contributed by atoms with Crippen molar-refractivity contribution < 1.29 is 37.1 Å². The van der Waals surface area contributed by atoms with Crippen molar-refractivity contribution in [2.45, 2.75) is 95.4 Å². The number of alkyl carbamates (subject to hydrolysis) is 1. The Morgan fingerprint density at radius 1 is 1.05 bits per heavy atom. The molecule has 0 radical (unpaired) electrons. The Balaban J connectivity index is 1.52. The zero-order valence-electron chi connectivity index (χ0n) is 25.7. The van der Waals surface area contributed by atoms with E-state index in [-0.39, 0.29) is 12.1 Å². The molecule has 2 heterocycles. The molecule has 4 amide bonds. The molecule has 1 aromatic rings. The van der Waals surface area contributed by atoms with Gasteiger partial charge in [-0.15, -0.1) is 0 Å². The third-order valence-electron chi connectivity index (χ3n) is 7.90. The van der Waals surface area contributed by atoms with Crippen molar-refractivity contribution in [2.75, 3.05) is 18.4 Å². The van der Waals surface area contributed by atoms with Crippen LogP contribution in [0.3, 0.4) is 0 Å². The standard InChI is InChI=1S/C30H43N5O8S/c1-29(2,3)43-28(39)31-23-12-9-7-5-6-8-11-20-19-30(20,32-25(36)24-13-10-18-35(24)26(23)37)27(38)34-44(40,41)33-21-14-16-22(42-4)17-15-21/h8,11,14-17,20,23-24,33H,5-7,9-10,12-13,18-19H2,1-4H3,(H,31,39)(H,32,36)(H,34,38)/t20-,23+,24+,30-/m1/s1. The van der Waals surface area contributed by atoms with Crippen molar-refractivity contribution in [3.8, 4) is 5.75 Å². The molecule has 44 heavy (non-hydrogen) atoms. The number of anilines is 1. The SMILES string of the molecule is COc1ccc(NS(=O)(=O)NC(=O)[C@@]23C[C@H]2C=CCCCCC[C@H](NC(=O)OC(C)(C)C)C(=O)N2CCC[C@H]2C(=O)N3)cc1. The molecule has 1 saturated carbocycles. The minimum absolute atomic E-state index is 0.211. The summed E-state index contributed by atoms with van der Waals surface area (Å²) in [6.45, 7) is 5.51. The van der Waals surface area contributed by atoms with Crippen LogP contribution in [-0.4, -0.2) is 74.0 Å². The van der Waals surface area contributed by atoms with Gasteiger partial charge in [-0.2, -0.15) is 8.42 Å². The van der Waals surface area contributed by atoms with Gasteiger partial charge in [-0.05, 0) is 83.6 Å². The van der Waals surface area contributed by atoms with Gasteiger partial charge >= 0.3 is 16.3 Å². The number of nitrogens with one attached hydrogen (secondary N) is 4. The van der Waals surface area contributed by atoms with Crippen LogP contribution >= 0.6 is 0 Å². The Labute approximate surface area is 258 Å². The largest absolute Gasteiger partial charge is 0.497 e. The number of hydrogen-bond donors (Lipinski definition) is 4. The molecule has 0 aromatic heterocycles. The van der Waals surface area contributed by atoms with Crippen molar-refractivity contribution in [1.29, 1.82) is 0 Å². The summed E-state index contributed by atoms with van der Waals surface area (Å²) in [6, 6.07) is 4.38. The smallest absolute Gasteiger partial charge is 0.408 e. The molecule has 13 nitrogen and oxygen atoms in total. The van der Waals surface area contributed by atoms with Crippen LogP contribution in [-0.2, 0) is 29.3 Å². The third-order valence-corrected chi connectivity index (χ3v) is 8.85. The summed E-state index contributed by atoms with van der Waals surface area (Å²) in [4.78, 5) is 54.9. The third kappa shape index (κ3) is 8.42. The number of fused-ring (bicyclic) bond motifs is 2. The van der Waals surface area contributed by atoms with E-state index in [1.54, 1.807) is 32.9 Å². The normalized spacial score (nSPS) is 26.2. The fourth-order valence-electron chi connectivity index (χ4n) is 5.60. The number of carbonyl (C=O) groups is 4. The molecule has 1 aromatic carbocycles. The predicted molar refractivity (Wildman–Crippen MR) is 163 cm³/mol. The van der Waals surface area contributed by atoms with Crippen molar-refractivity contribution in [2.24, 2.45) is 5.92 Å².